The molecule has 1 aromatic carbocycles. The van der Waals surface area contributed by atoms with Gasteiger partial charge in [-0.25, -0.2) is 0 Å². The second-order valence-electron chi connectivity index (χ2n) is 7.27. The molecule has 2 heterocycles. The minimum absolute atomic E-state index is 0. The van der Waals surface area contributed by atoms with Crippen molar-refractivity contribution in [2.45, 2.75) is 33.2 Å². The van der Waals surface area contributed by atoms with E-state index >= 15 is 0 Å². The molecule has 0 N–H and O–H groups in total. The molecule has 0 aromatic heterocycles. The smallest absolute Gasteiger partial charge is 0.659 e. The van der Waals surface area contributed by atoms with Crippen molar-refractivity contribution in [2.75, 3.05) is 64.8 Å². The Hall–Kier alpha value is 0.536. The summed E-state index contributed by atoms with van der Waals surface area (Å²) in [4.78, 5) is 7.38. The molecule has 0 amide bonds. The van der Waals surface area contributed by atoms with E-state index in [-0.39, 0.29) is 51.4 Å². The Labute approximate surface area is 204 Å². The Morgan fingerprint density at radius 3 is 2.15 bits per heavy atom. The summed E-state index contributed by atoms with van der Waals surface area (Å²) in [5.74, 6) is 0.868. The number of piperidine rings is 1. The number of hydrogen-bond acceptors (Lipinski definition) is 3. The van der Waals surface area contributed by atoms with E-state index in [9.17, 15) is 0 Å². The van der Waals surface area contributed by atoms with Crippen molar-refractivity contribution in [3.63, 3.8) is 0 Å². The summed E-state index contributed by atoms with van der Waals surface area (Å²) >= 11 is 0. The van der Waals surface area contributed by atoms with Gasteiger partial charge < -0.3 is 20.0 Å². The summed E-state index contributed by atoms with van der Waals surface area (Å²) in [5, 5.41) is 4.42. The predicted octanol–water partition coefficient (Wildman–Crippen LogP) is 0.684. The molecule has 2 saturated heterocycles. The normalized spacial score (nSPS) is 18.9. The molecule has 142 valence electrons. The van der Waals surface area contributed by atoms with Gasteiger partial charge in [-0.2, -0.15) is 0 Å². The molecule has 0 aliphatic carbocycles. The molecule has 0 spiro atoms. The topological polar surface area (TPSA) is 23.8 Å². The molecule has 2 fully saturated rings. The van der Waals surface area contributed by atoms with E-state index in [0.717, 1.165) is 38.6 Å². The second kappa shape index (κ2) is 13.7. The minimum atomic E-state index is 0. The average molecular weight is 385 g/mol. The fraction of sp³-hybridized carbons (Fsp3) is 0.714. The van der Waals surface area contributed by atoms with Crippen LogP contribution in [-0.4, -0.2) is 69.7 Å². The van der Waals surface area contributed by atoms with E-state index in [1.165, 1.54) is 43.7 Å². The van der Waals surface area contributed by atoms with Gasteiger partial charge in [0.05, 0.1) is 0 Å². The minimum Gasteiger partial charge on any atom is -0.659 e. The number of hydrogen-bond donors (Lipinski definition) is 0. The van der Waals surface area contributed by atoms with Crippen LogP contribution in [0.1, 0.15) is 32.3 Å². The monoisotopic (exact) mass is 384 g/mol. The maximum absolute atomic E-state index is 4.42. The summed E-state index contributed by atoms with van der Waals surface area (Å²) in [5.41, 5.74) is 2.77. The van der Waals surface area contributed by atoms with Crippen molar-refractivity contribution in [3.8, 4) is 0 Å². The van der Waals surface area contributed by atoms with Crippen LogP contribution in [0.2, 0.25) is 0 Å². The van der Waals surface area contributed by atoms with Gasteiger partial charge in [-0.1, -0.05) is 26.0 Å². The Balaban J connectivity index is 0.00000109. The molecule has 2 aliphatic rings. The van der Waals surface area contributed by atoms with Crippen LogP contribution in [0.4, 0.5) is 5.69 Å². The fourth-order valence-electron chi connectivity index (χ4n) is 3.74. The van der Waals surface area contributed by atoms with Crippen LogP contribution < -0.4 is 56.3 Å². The molecule has 0 radical (unpaired) electrons. The van der Waals surface area contributed by atoms with Crippen molar-refractivity contribution < 1.29 is 51.4 Å². The van der Waals surface area contributed by atoms with Crippen molar-refractivity contribution in [1.29, 1.82) is 0 Å². The first-order chi connectivity index (χ1) is 12.2. The molecule has 0 unspecified atom stereocenters. The van der Waals surface area contributed by atoms with Crippen LogP contribution in [0.3, 0.4) is 0 Å². The third-order valence-corrected chi connectivity index (χ3v) is 5.22. The Bertz CT molecular complexity index is 465. The number of anilines is 1. The Kier molecular flexibility index (Phi) is 12.9. The number of nitrogens with zero attached hydrogens (tertiary/aromatic N) is 4. The molecule has 0 bridgehead atoms. The van der Waals surface area contributed by atoms with Gasteiger partial charge in [-0.05, 0) is 76.7 Å². The van der Waals surface area contributed by atoms with Gasteiger partial charge in [-0.15, -0.1) is 13.1 Å². The number of likely N-dealkylation sites (tertiary alicyclic amines) is 1. The number of rotatable bonds is 5. The van der Waals surface area contributed by atoms with Crippen molar-refractivity contribution in [3.05, 3.63) is 35.1 Å². The van der Waals surface area contributed by atoms with Crippen LogP contribution in [0.25, 0.3) is 5.32 Å². The fourth-order valence-corrected chi connectivity index (χ4v) is 3.74. The molecule has 26 heavy (non-hydrogen) atoms. The summed E-state index contributed by atoms with van der Waals surface area (Å²) in [6.07, 6.45) is 2.69. The molecule has 0 saturated carbocycles. The van der Waals surface area contributed by atoms with Gasteiger partial charge in [0.25, 0.3) is 0 Å². The summed E-state index contributed by atoms with van der Waals surface area (Å²) in [7, 11) is 4.50. The predicted molar refractivity (Wildman–Crippen MR) is 110 cm³/mol. The van der Waals surface area contributed by atoms with E-state index in [0.29, 0.717) is 0 Å². The van der Waals surface area contributed by atoms with Gasteiger partial charge in [0.1, 0.15) is 0 Å². The summed E-state index contributed by atoms with van der Waals surface area (Å²) in [6, 6.07) is 9.16. The molecule has 0 atom stereocenters. The zero-order valence-corrected chi connectivity index (χ0v) is 20.9. The molecular weight excluding hydrogens is 347 g/mol. The van der Waals surface area contributed by atoms with Gasteiger partial charge >= 0.3 is 51.4 Å². The van der Waals surface area contributed by atoms with E-state index in [2.05, 4.69) is 58.4 Å². The Morgan fingerprint density at radius 2 is 1.58 bits per heavy atom. The molecule has 4 nitrogen and oxygen atoms in total. The van der Waals surface area contributed by atoms with Gasteiger partial charge in [0.2, 0.25) is 0 Å². The van der Waals surface area contributed by atoms with Gasteiger partial charge in [0, 0.05) is 18.8 Å². The van der Waals surface area contributed by atoms with Crippen LogP contribution >= 0.6 is 0 Å². The van der Waals surface area contributed by atoms with E-state index in [1.807, 2.05) is 13.8 Å². The summed E-state index contributed by atoms with van der Waals surface area (Å²) in [6.45, 7) is 12.9. The molecule has 3 rings (SSSR count). The SMILES string of the molecule is CC.CN1CCC(CN(C)Cc2ccc(N3CC[N-]CC3)cc2)CC1.[K+]. The van der Waals surface area contributed by atoms with Gasteiger partial charge in [0.15, 0.2) is 0 Å². The second-order valence-corrected chi connectivity index (χ2v) is 7.27. The van der Waals surface area contributed by atoms with Crippen LogP contribution in [0.5, 0.6) is 0 Å². The summed E-state index contributed by atoms with van der Waals surface area (Å²) < 4.78 is 0. The van der Waals surface area contributed by atoms with Gasteiger partial charge in [-0.3, -0.25) is 0 Å². The zero-order valence-electron chi connectivity index (χ0n) is 17.7. The van der Waals surface area contributed by atoms with Crippen molar-refractivity contribution in [1.82, 2.24) is 9.80 Å². The largest absolute Gasteiger partial charge is 1.00 e. The van der Waals surface area contributed by atoms with Crippen molar-refractivity contribution >= 4 is 5.69 Å². The maximum atomic E-state index is 4.42. The first kappa shape index (κ1) is 24.6. The third kappa shape index (κ3) is 8.27. The van der Waals surface area contributed by atoms with Crippen molar-refractivity contribution in [2.24, 2.45) is 5.92 Å². The van der Waals surface area contributed by atoms with Crippen LogP contribution in [0, 0.1) is 5.92 Å². The average Bonchev–Trinajstić information content (AvgIpc) is 2.66. The zero-order chi connectivity index (χ0) is 18.1. The van der Waals surface area contributed by atoms with Crippen LogP contribution in [0.15, 0.2) is 24.3 Å². The molecule has 2 aliphatic heterocycles. The quantitative estimate of drug-likeness (QED) is 0.698. The van der Waals surface area contributed by atoms with E-state index in [4.69, 9.17) is 0 Å². The molecule has 1 aromatic rings. The first-order valence-corrected chi connectivity index (χ1v) is 10.0. The first-order valence-electron chi connectivity index (χ1n) is 10.0. The third-order valence-electron chi connectivity index (χ3n) is 5.22. The number of benzene rings is 1. The van der Waals surface area contributed by atoms with Crippen LogP contribution in [-0.2, 0) is 6.54 Å². The van der Waals surface area contributed by atoms with E-state index < -0.39 is 0 Å². The molecular formula is C21H37KN4. The number of piperazine rings is 1. The van der Waals surface area contributed by atoms with E-state index in [1.54, 1.807) is 0 Å². The Morgan fingerprint density at radius 1 is 1.00 bits per heavy atom. The maximum Gasteiger partial charge on any atom is 1.00 e. The standard InChI is InChI=1S/C19H31N4.C2H6.K/c1-21-11-7-18(8-12-21)16-22(2)15-17-3-5-19(6-4-17)23-13-9-20-10-14-23;1-2;/h3-6,18H,7-16H2,1-2H3;1-2H3;/q-1;;+1. The molecule has 5 heteroatoms.